The van der Waals surface area contributed by atoms with Gasteiger partial charge in [0.15, 0.2) is 5.76 Å². The molecule has 1 rings (SSSR count). The number of nitrogens with zero attached hydrogens (tertiary/aromatic N) is 1. The van der Waals surface area contributed by atoms with Gasteiger partial charge < -0.3 is 9.73 Å². The van der Waals surface area contributed by atoms with Crippen LogP contribution in [-0.4, -0.2) is 36.9 Å². The van der Waals surface area contributed by atoms with Crippen LogP contribution >= 0.6 is 0 Å². The van der Waals surface area contributed by atoms with Gasteiger partial charge in [0.25, 0.3) is 0 Å². The van der Waals surface area contributed by atoms with Crippen LogP contribution in [0.25, 0.3) is 0 Å². The first-order valence-corrected chi connectivity index (χ1v) is 6.11. The van der Waals surface area contributed by atoms with E-state index in [1.165, 1.54) is 0 Å². The summed E-state index contributed by atoms with van der Waals surface area (Å²) >= 11 is 0. The summed E-state index contributed by atoms with van der Waals surface area (Å²) in [5, 5.41) is 2.79. The highest BCUT2D eigenvalue weighted by atomic mass is 16.4. The Morgan fingerprint density at radius 2 is 2.16 bits per heavy atom. The number of likely N-dealkylation sites (N-methyl/N-ethyl adjacent to an activating group) is 1. The molecule has 0 bridgehead atoms. The molecule has 7 nitrogen and oxygen atoms in total. The lowest BCUT2D eigenvalue weighted by Crippen LogP contribution is -2.35. The monoisotopic (exact) mass is 268 g/mol. The minimum absolute atomic E-state index is 0.0316. The Balaban J connectivity index is 2.43. The van der Waals surface area contributed by atoms with Crippen molar-refractivity contribution in [3.63, 3.8) is 0 Å². The van der Waals surface area contributed by atoms with Crippen molar-refractivity contribution in [1.82, 2.24) is 15.6 Å². The van der Waals surface area contributed by atoms with Crippen LogP contribution in [0.4, 0.5) is 0 Å². The van der Waals surface area contributed by atoms with E-state index in [2.05, 4.69) is 5.32 Å². The highest BCUT2D eigenvalue weighted by molar-refractivity contribution is 5.90. The average molecular weight is 268 g/mol. The van der Waals surface area contributed by atoms with Crippen molar-refractivity contribution in [2.75, 3.05) is 20.1 Å². The van der Waals surface area contributed by atoms with Gasteiger partial charge in [0.1, 0.15) is 5.76 Å². The molecule has 7 heteroatoms. The van der Waals surface area contributed by atoms with Gasteiger partial charge in [-0.25, -0.2) is 5.84 Å². The lowest BCUT2D eigenvalue weighted by Gasteiger charge is -2.14. The Kier molecular flexibility index (Phi) is 6.04. The standard InChI is InChI=1S/C12H20N4O3/c1-3-6-14-11(17)8-16(2)7-9-4-5-10(19-9)12(18)15-13/h4-5H,3,6-8,13H2,1-2H3,(H,14,17)(H,15,18). The number of nitrogen functional groups attached to an aromatic ring is 1. The fourth-order valence-electron chi connectivity index (χ4n) is 1.54. The molecule has 0 fully saturated rings. The van der Waals surface area contributed by atoms with Crippen molar-refractivity contribution in [3.05, 3.63) is 23.7 Å². The third-order valence-corrected chi connectivity index (χ3v) is 2.43. The van der Waals surface area contributed by atoms with Crippen LogP contribution in [0.1, 0.15) is 29.7 Å². The molecule has 0 radical (unpaired) electrons. The summed E-state index contributed by atoms with van der Waals surface area (Å²) in [6.07, 6.45) is 0.908. The van der Waals surface area contributed by atoms with Gasteiger partial charge in [-0.15, -0.1) is 0 Å². The minimum Gasteiger partial charge on any atom is -0.455 e. The van der Waals surface area contributed by atoms with Crippen molar-refractivity contribution >= 4 is 11.8 Å². The summed E-state index contributed by atoms with van der Waals surface area (Å²) in [5.74, 6) is 5.25. The van der Waals surface area contributed by atoms with Crippen LogP contribution in [0.2, 0.25) is 0 Å². The second-order valence-electron chi connectivity index (χ2n) is 4.26. The maximum absolute atomic E-state index is 11.5. The number of carbonyl (C=O) groups is 2. The Bertz CT molecular complexity index is 430. The smallest absolute Gasteiger partial charge is 0.300 e. The van der Waals surface area contributed by atoms with E-state index in [9.17, 15) is 9.59 Å². The van der Waals surface area contributed by atoms with Gasteiger partial charge in [-0.3, -0.25) is 19.9 Å². The van der Waals surface area contributed by atoms with Gasteiger partial charge in [-0.05, 0) is 25.6 Å². The lowest BCUT2D eigenvalue weighted by atomic mass is 10.4. The molecule has 0 unspecified atom stereocenters. The summed E-state index contributed by atoms with van der Waals surface area (Å²) < 4.78 is 5.30. The fraction of sp³-hybridized carbons (Fsp3) is 0.500. The van der Waals surface area contributed by atoms with E-state index in [0.29, 0.717) is 18.8 Å². The van der Waals surface area contributed by atoms with Gasteiger partial charge in [0.2, 0.25) is 5.91 Å². The Hall–Kier alpha value is -1.86. The molecule has 0 aromatic carbocycles. The molecule has 1 heterocycles. The Labute approximate surface area is 112 Å². The second kappa shape index (κ2) is 7.55. The largest absolute Gasteiger partial charge is 0.455 e. The van der Waals surface area contributed by atoms with Crippen LogP contribution in [0.15, 0.2) is 16.5 Å². The van der Waals surface area contributed by atoms with Crippen LogP contribution in [0, 0.1) is 0 Å². The number of hydrogen-bond acceptors (Lipinski definition) is 5. The molecule has 106 valence electrons. The molecular weight excluding hydrogens is 248 g/mol. The van der Waals surface area contributed by atoms with E-state index in [1.54, 1.807) is 24.1 Å². The second-order valence-corrected chi connectivity index (χ2v) is 4.26. The van der Waals surface area contributed by atoms with Gasteiger partial charge in [-0.2, -0.15) is 0 Å². The summed E-state index contributed by atoms with van der Waals surface area (Å²) in [6, 6.07) is 3.23. The molecular formula is C12H20N4O3. The Morgan fingerprint density at radius 3 is 2.79 bits per heavy atom. The number of nitrogens with one attached hydrogen (secondary N) is 2. The number of rotatable bonds is 7. The first-order valence-electron chi connectivity index (χ1n) is 6.11. The predicted molar refractivity (Wildman–Crippen MR) is 70.0 cm³/mol. The maximum atomic E-state index is 11.5. The predicted octanol–water partition coefficient (Wildman–Crippen LogP) is -0.159. The number of hydrazine groups is 1. The first kappa shape index (κ1) is 15.2. The number of furan rings is 1. The normalized spacial score (nSPS) is 10.5. The quantitative estimate of drug-likeness (QED) is 0.362. The maximum Gasteiger partial charge on any atom is 0.300 e. The van der Waals surface area contributed by atoms with Gasteiger partial charge >= 0.3 is 5.91 Å². The summed E-state index contributed by atoms with van der Waals surface area (Å²) in [7, 11) is 1.80. The SMILES string of the molecule is CCCNC(=O)CN(C)Cc1ccc(C(=O)NN)o1. The van der Waals surface area contributed by atoms with Gasteiger partial charge in [0.05, 0.1) is 13.1 Å². The van der Waals surface area contributed by atoms with Gasteiger partial charge in [0, 0.05) is 6.54 Å². The molecule has 1 aromatic heterocycles. The molecule has 0 aliphatic heterocycles. The number of amides is 2. The van der Waals surface area contributed by atoms with Crippen molar-refractivity contribution in [2.24, 2.45) is 5.84 Å². The van der Waals surface area contributed by atoms with Crippen LogP contribution in [0.3, 0.4) is 0 Å². The summed E-state index contributed by atoms with van der Waals surface area (Å²) in [5.41, 5.74) is 1.99. The van der Waals surface area contributed by atoms with Crippen LogP contribution in [-0.2, 0) is 11.3 Å². The van der Waals surface area contributed by atoms with E-state index in [-0.39, 0.29) is 18.2 Å². The molecule has 2 amide bonds. The molecule has 0 atom stereocenters. The molecule has 0 saturated carbocycles. The van der Waals surface area contributed by atoms with Crippen molar-refractivity contribution < 1.29 is 14.0 Å². The van der Waals surface area contributed by atoms with Crippen LogP contribution in [0.5, 0.6) is 0 Å². The average Bonchev–Trinajstić information content (AvgIpc) is 2.83. The summed E-state index contributed by atoms with van der Waals surface area (Å²) in [6.45, 7) is 3.39. The number of carbonyl (C=O) groups excluding carboxylic acids is 2. The van der Waals surface area contributed by atoms with Crippen molar-refractivity contribution in [1.29, 1.82) is 0 Å². The third-order valence-electron chi connectivity index (χ3n) is 2.43. The van der Waals surface area contributed by atoms with E-state index in [4.69, 9.17) is 10.3 Å². The van der Waals surface area contributed by atoms with E-state index >= 15 is 0 Å². The van der Waals surface area contributed by atoms with Gasteiger partial charge in [-0.1, -0.05) is 6.92 Å². The number of nitrogens with two attached hydrogens (primary N) is 1. The number of hydrogen-bond donors (Lipinski definition) is 3. The van der Waals surface area contributed by atoms with Crippen molar-refractivity contribution in [3.8, 4) is 0 Å². The molecule has 19 heavy (non-hydrogen) atoms. The fourth-order valence-corrected chi connectivity index (χ4v) is 1.54. The molecule has 0 aliphatic carbocycles. The molecule has 0 spiro atoms. The van der Waals surface area contributed by atoms with Crippen LogP contribution < -0.4 is 16.6 Å². The zero-order valence-electron chi connectivity index (χ0n) is 11.2. The zero-order chi connectivity index (χ0) is 14.3. The molecule has 0 saturated heterocycles. The Morgan fingerprint density at radius 1 is 1.42 bits per heavy atom. The lowest BCUT2D eigenvalue weighted by molar-refractivity contribution is -0.122. The van der Waals surface area contributed by atoms with E-state index in [1.807, 2.05) is 12.3 Å². The highest BCUT2D eigenvalue weighted by Crippen LogP contribution is 2.09. The summed E-state index contributed by atoms with van der Waals surface area (Å²) in [4.78, 5) is 24.5. The topological polar surface area (TPSA) is 101 Å². The van der Waals surface area contributed by atoms with E-state index in [0.717, 1.165) is 6.42 Å². The molecule has 0 aliphatic rings. The van der Waals surface area contributed by atoms with Crippen molar-refractivity contribution in [2.45, 2.75) is 19.9 Å². The first-order chi connectivity index (χ1) is 9.06. The highest BCUT2D eigenvalue weighted by Gasteiger charge is 2.12. The third kappa shape index (κ3) is 5.11. The molecule has 1 aromatic rings. The zero-order valence-corrected chi connectivity index (χ0v) is 11.2. The van der Waals surface area contributed by atoms with E-state index < -0.39 is 5.91 Å². The minimum atomic E-state index is -0.477. The molecule has 4 N–H and O–H groups in total.